The van der Waals surface area contributed by atoms with Crippen molar-refractivity contribution in [2.24, 2.45) is 13.0 Å². The summed E-state index contributed by atoms with van der Waals surface area (Å²) in [6.07, 6.45) is 2.75. The van der Waals surface area contributed by atoms with Gasteiger partial charge in [-0.25, -0.2) is 0 Å². The van der Waals surface area contributed by atoms with Crippen LogP contribution < -0.4 is 0 Å². The molecule has 2 aliphatic heterocycles. The molecule has 0 saturated carbocycles. The normalized spacial score (nSPS) is 22.9. The second-order valence-electron chi connectivity index (χ2n) is 7.17. The number of likely N-dealkylation sites (tertiary alicyclic amines) is 2. The lowest BCUT2D eigenvalue weighted by atomic mass is 9.95. The molecule has 140 valence electrons. The molecule has 2 saturated heterocycles. The Morgan fingerprint density at radius 1 is 1.28 bits per heavy atom. The number of carbonyl (C=O) groups excluding carboxylic acids is 1. The Hall–Kier alpha value is -1.51. The zero-order chi connectivity index (χ0) is 17.8. The third-order valence-corrected chi connectivity index (χ3v) is 5.47. The molecule has 0 bridgehead atoms. The Labute approximate surface area is 148 Å². The number of piperidine rings is 1. The molecule has 0 aromatic carbocycles. The van der Waals surface area contributed by atoms with E-state index < -0.39 is 0 Å². The molecule has 1 N–H and O–H groups in total. The summed E-state index contributed by atoms with van der Waals surface area (Å²) in [5, 5.41) is 17.6. The molecule has 25 heavy (non-hydrogen) atoms. The zero-order valence-corrected chi connectivity index (χ0v) is 15.2. The van der Waals surface area contributed by atoms with E-state index in [1.54, 1.807) is 7.11 Å². The zero-order valence-electron chi connectivity index (χ0n) is 15.2. The largest absolute Gasteiger partial charge is 0.388 e. The van der Waals surface area contributed by atoms with E-state index in [1.807, 2.05) is 16.5 Å². The maximum Gasteiger partial charge on any atom is 0.223 e. The predicted octanol–water partition coefficient (Wildman–Crippen LogP) is -0.0183. The van der Waals surface area contributed by atoms with E-state index in [0.717, 1.165) is 44.8 Å². The fraction of sp³-hybridized carbons (Fsp3) is 0.824. The molecule has 8 heteroatoms. The second kappa shape index (κ2) is 8.25. The number of nitrogens with zero attached hydrogens (tertiary/aromatic N) is 5. The summed E-state index contributed by atoms with van der Waals surface area (Å²) in [6, 6.07) is 0. The van der Waals surface area contributed by atoms with Crippen LogP contribution in [0.15, 0.2) is 0 Å². The van der Waals surface area contributed by atoms with E-state index in [0.29, 0.717) is 37.2 Å². The fourth-order valence-electron chi connectivity index (χ4n) is 4.00. The average molecular weight is 351 g/mol. The summed E-state index contributed by atoms with van der Waals surface area (Å²) >= 11 is 0. The minimum Gasteiger partial charge on any atom is -0.388 e. The van der Waals surface area contributed by atoms with Crippen LogP contribution in [0.2, 0.25) is 0 Å². The molecule has 3 heterocycles. The van der Waals surface area contributed by atoms with Crippen molar-refractivity contribution in [3.63, 3.8) is 0 Å². The molecule has 8 nitrogen and oxygen atoms in total. The molecule has 1 aromatic rings. The summed E-state index contributed by atoms with van der Waals surface area (Å²) in [7, 11) is 3.59. The number of methoxy groups -OCH3 is 1. The van der Waals surface area contributed by atoms with Crippen LogP contribution in [0.1, 0.15) is 36.8 Å². The van der Waals surface area contributed by atoms with Crippen LogP contribution in [0.5, 0.6) is 0 Å². The molecule has 3 rings (SSSR count). The van der Waals surface area contributed by atoms with Gasteiger partial charge in [0.2, 0.25) is 5.91 Å². The molecule has 1 unspecified atom stereocenters. The lowest BCUT2D eigenvalue weighted by molar-refractivity contribution is -0.128. The minimum absolute atomic E-state index is 0.0718. The van der Waals surface area contributed by atoms with Crippen molar-refractivity contribution in [2.75, 3.05) is 46.4 Å². The maximum absolute atomic E-state index is 12.1. The second-order valence-corrected chi connectivity index (χ2v) is 7.17. The third-order valence-electron chi connectivity index (χ3n) is 5.47. The molecule has 1 aromatic heterocycles. The number of amides is 1. The first-order chi connectivity index (χ1) is 12.1. The highest BCUT2D eigenvalue weighted by Crippen LogP contribution is 2.28. The van der Waals surface area contributed by atoms with Crippen LogP contribution in [-0.4, -0.2) is 82.0 Å². The summed E-state index contributed by atoms with van der Waals surface area (Å²) in [4.78, 5) is 16.4. The molecule has 0 spiro atoms. The van der Waals surface area contributed by atoms with Crippen LogP contribution in [0, 0.1) is 5.92 Å². The molecular weight excluding hydrogens is 322 g/mol. The molecule has 1 atom stereocenters. The lowest BCUT2D eigenvalue weighted by Crippen LogP contribution is -2.38. The molecule has 0 radical (unpaired) electrons. The van der Waals surface area contributed by atoms with Gasteiger partial charge in [0, 0.05) is 46.1 Å². The van der Waals surface area contributed by atoms with Gasteiger partial charge in [0.15, 0.2) is 5.82 Å². The van der Waals surface area contributed by atoms with Crippen LogP contribution in [0.4, 0.5) is 0 Å². The van der Waals surface area contributed by atoms with Crippen molar-refractivity contribution in [3.8, 4) is 0 Å². The van der Waals surface area contributed by atoms with Crippen LogP contribution >= 0.6 is 0 Å². The fourth-order valence-corrected chi connectivity index (χ4v) is 4.00. The van der Waals surface area contributed by atoms with Gasteiger partial charge in [0.25, 0.3) is 0 Å². The third kappa shape index (κ3) is 4.19. The first-order valence-electron chi connectivity index (χ1n) is 9.10. The monoisotopic (exact) mass is 351 g/mol. The van der Waals surface area contributed by atoms with Gasteiger partial charge < -0.3 is 24.2 Å². The van der Waals surface area contributed by atoms with Gasteiger partial charge >= 0.3 is 0 Å². The van der Waals surface area contributed by atoms with Crippen molar-refractivity contribution in [1.82, 2.24) is 24.6 Å². The van der Waals surface area contributed by atoms with E-state index in [1.165, 1.54) is 0 Å². The van der Waals surface area contributed by atoms with Crippen molar-refractivity contribution in [3.05, 3.63) is 11.6 Å². The van der Waals surface area contributed by atoms with Crippen LogP contribution in [0.25, 0.3) is 0 Å². The number of hydrogen-bond acceptors (Lipinski definition) is 6. The predicted molar refractivity (Wildman–Crippen MR) is 91.9 cm³/mol. The molecule has 0 aliphatic carbocycles. The lowest BCUT2D eigenvalue weighted by Gasteiger charge is -2.33. The van der Waals surface area contributed by atoms with Crippen molar-refractivity contribution >= 4 is 5.91 Å². The smallest absolute Gasteiger partial charge is 0.223 e. The first kappa shape index (κ1) is 18.3. The van der Waals surface area contributed by atoms with Crippen LogP contribution in [0.3, 0.4) is 0 Å². The number of carbonyl (C=O) groups is 1. The topological polar surface area (TPSA) is 83.7 Å². The molecule has 2 aliphatic rings. The van der Waals surface area contributed by atoms with Crippen molar-refractivity contribution in [2.45, 2.75) is 31.8 Å². The quantitative estimate of drug-likeness (QED) is 0.743. The molecule has 2 fully saturated rings. The molecule has 1 amide bonds. The summed E-state index contributed by atoms with van der Waals surface area (Å²) in [5.74, 6) is 2.69. The van der Waals surface area contributed by atoms with E-state index in [-0.39, 0.29) is 12.5 Å². The number of aliphatic hydroxyl groups is 1. The van der Waals surface area contributed by atoms with Gasteiger partial charge in [-0.2, -0.15) is 0 Å². The summed E-state index contributed by atoms with van der Waals surface area (Å²) in [5.41, 5.74) is 0. The number of aromatic nitrogens is 3. The number of hydrogen-bond donors (Lipinski definition) is 1. The number of ether oxygens (including phenoxy) is 1. The minimum atomic E-state index is -0.0718. The summed E-state index contributed by atoms with van der Waals surface area (Å²) in [6.45, 7) is 5.12. The number of rotatable bonds is 7. The first-order valence-corrected chi connectivity index (χ1v) is 9.10. The van der Waals surface area contributed by atoms with E-state index in [9.17, 15) is 9.90 Å². The van der Waals surface area contributed by atoms with Gasteiger partial charge in [-0.1, -0.05) is 0 Å². The van der Waals surface area contributed by atoms with Gasteiger partial charge in [0.1, 0.15) is 12.4 Å². The standard InChI is InChI=1S/C17H29N5O3/c1-20-15(12-23)18-19-17(20)14-3-5-21(6-4-14)10-13-9-16(24)22(11-13)7-8-25-2/h13-14,23H,3-12H2,1-2H3. The average Bonchev–Trinajstić information content (AvgIpc) is 3.16. The highest BCUT2D eigenvalue weighted by molar-refractivity contribution is 5.78. The highest BCUT2D eigenvalue weighted by Gasteiger charge is 2.32. The summed E-state index contributed by atoms with van der Waals surface area (Å²) < 4.78 is 7.00. The van der Waals surface area contributed by atoms with E-state index in [2.05, 4.69) is 15.1 Å². The SMILES string of the molecule is COCCN1CC(CN2CCC(c3nnc(CO)n3C)CC2)CC1=O. The van der Waals surface area contributed by atoms with Crippen LogP contribution in [-0.2, 0) is 23.2 Å². The Kier molecular flexibility index (Phi) is 6.03. The van der Waals surface area contributed by atoms with E-state index in [4.69, 9.17) is 4.74 Å². The van der Waals surface area contributed by atoms with Crippen molar-refractivity contribution < 1.29 is 14.6 Å². The number of aliphatic hydroxyl groups excluding tert-OH is 1. The van der Waals surface area contributed by atoms with Gasteiger partial charge in [-0.05, 0) is 31.8 Å². The van der Waals surface area contributed by atoms with Gasteiger partial charge in [-0.15, -0.1) is 10.2 Å². The Morgan fingerprint density at radius 2 is 2.04 bits per heavy atom. The van der Waals surface area contributed by atoms with Gasteiger partial charge in [-0.3, -0.25) is 4.79 Å². The Bertz CT molecular complexity index is 583. The molecular formula is C17H29N5O3. The Morgan fingerprint density at radius 3 is 2.68 bits per heavy atom. The van der Waals surface area contributed by atoms with Gasteiger partial charge in [0.05, 0.1) is 6.61 Å². The maximum atomic E-state index is 12.1. The van der Waals surface area contributed by atoms with E-state index >= 15 is 0 Å². The Balaban J connectivity index is 1.47. The van der Waals surface area contributed by atoms with Crippen molar-refractivity contribution in [1.29, 1.82) is 0 Å². The highest BCUT2D eigenvalue weighted by atomic mass is 16.5.